The number of ketones is 1. The molecule has 0 fully saturated rings. The number of hydrogen-bond donors (Lipinski definition) is 1. The van der Waals surface area contributed by atoms with E-state index in [9.17, 15) is 23.3 Å². The number of benzene rings is 4. The van der Waals surface area contributed by atoms with Gasteiger partial charge in [0.1, 0.15) is 17.4 Å². The molecule has 5 rings (SSSR count). The number of furan rings is 1. The predicted octanol–water partition coefficient (Wildman–Crippen LogP) is 8.63. The smallest absolute Gasteiger partial charge is 0.252 e. The number of aryl methyl sites for hydroxylation is 1. The lowest BCUT2D eigenvalue weighted by Gasteiger charge is -2.24. The van der Waals surface area contributed by atoms with Crippen molar-refractivity contribution in [1.82, 2.24) is 5.32 Å². The molecule has 52 heavy (non-hydrogen) atoms. The Balaban J connectivity index is 1.61. The zero-order valence-electron chi connectivity index (χ0n) is 30.4. The van der Waals surface area contributed by atoms with Gasteiger partial charge in [-0.3, -0.25) is 13.9 Å². The molecule has 1 N–H and O–H groups in total. The first kappa shape index (κ1) is 37.7. The molecule has 0 radical (unpaired) electrons. The summed E-state index contributed by atoms with van der Waals surface area (Å²) >= 11 is 0. The lowest BCUT2D eigenvalue weighted by atomic mass is 9.95. The van der Waals surface area contributed by atoms with Crippen molar-refractivity contribution in [3.05, 3.63) is 101 Å². The van der Waals surface area contributed by atoms with Crippen LogP contribution in [0, 0.1) is 18.3 Å². The van der Waals surface area contributed by atoms with Gasteiger partial charge in [0.25, 0.3) is 5.91 Å². The Morgan fingerprint density at radius 3 is 2.29 bits per heavy atom. The van der Waals surface area contributed by atoms with Gasteiger partial charge in [-0.05, 0) is 76.1 Å². The fourth-order valence-corrected chi connectivity index (χ4v) is 7.05. The van der Waals surface area contributed by atoms with E-state index in [1.807, 2.05) is 52.0 Å². The van der Waals surface area contributed by atoms with Crippen molar-refractivity contribution in [2.75, 3.05) is 23.7 Å². The van der Waals surface area contributed by atoms with Crippen LogP contribution in [0.25, 0.3) is 33.4 Å². The zero-order chi connectivity index (χ0) is 37.7. The predicted molar refractivity (Wildman–Crippen MR) is 204 cm³/mol. The maximum Gasteiger partial charge on any atom is 0.252 e. The maximum atomic E-state index is 13.7. The molecular formula is C41H43N3O7S. The number of hydrogen-bond acceptors (Lipinski definition) is 8. The molecule has 10 nitrogen and oxygen atoms in total. The molecule has 270 valence electrons. The number of fused-ring (bicyclic) bond motifs is 1. The molecule has 0 aliphatic rings. The van der Waals surface area contributed by atoms with Crippen molar-refractivity contribution in [2.45, 2.75) is 60.1 Å². The number of Topliss-reactive ketones (excluding diaryl/α,β-unsaturated/α-hetero) is 1. The van der Waals surface area contributed by atoms with Gasteiger partial charge in [-0.1, -0.05) is 55.0 Å². The van der Waals surface area contributed by atoms with Gasteiger partial charge in [0.15, 0.2) is 17.3 Å². The van der Waals surface area contributed by atoms with Gasteiger partial charge in [0.05, 0.1) is 36.3 Å². The van der Waals surface area contributed by atoms with Gasteiger partial charge in [0, 0.05) is 41.1 Å². The van der Waals surface area contributed by atoms with E-state index in [1.54, 1.807) is 68.4 Å². The van der Waals surface area contributed by atoms with Crippen LogP contribution in [0.4, 0.5) is 5.69 Å². The summed E-state index contributed by atoms with van der Waals surface area (Å²) in [6.45, 7) is 11.6. The Bertz CT molecular complexity index is 2270. The van der Waals surface area contributed by atoms with Crippen molar-refractivity contribution >= 4 is 38.4 Å². The fourth-order valence-electron chi connectivity index (χ4n) is 6.07. The highest BCUT2D eigenvalue weighted by atomic mass is 32.2. The van der Waals surface area contributed by atoms with Crippen LogP contribution in [0.3, 0.4) is 0 Å². The van der Waals surface area contributed by atoms with Crippen molar-refractivity contribution < 1.29 is 31.9 Å². The average Bonchev–Trinajstić information content (AvgIpc) is 3.49. The Morgan fingerprint density at radius 2 is 1.67 bits per heavy atom. The maximum absolute atomic E-state index is 13.7. The minimum Gasteiger partial charge on any atom is -0.490 e. The second-order valence-corrected chi connectivity index (χ2v) is 14.6. The molecule has 0 bridgehead atoms. The van der Waals surface area contributed by atoms with Gasteiger partial charge >= 0.3 is 0 Å². The Kier molecular flexibility index (Phi) is 11.4. The molecule has 0 aliphatic heterocycles. The lowest BCUT2D eigenvalue weighted by molar-refractivity contribution is 0.0943. The summed E-state index contributed by atoms with van der Waals surface area (Å²) in [7, 11) is -3.75. The Hall–Kier alpha value is -5.60. The monoisotopic (exact) mass is 721 g/mol. The van der Waals surface area contributed by atoms with Crippen LogP contribution in [-0.2, 0) is 10.0 Å². The number of amides is 1. The van der Waals surface area contributed by atoms with Crippen molar-refractivity contribution in [2.24, 2.45) is 0 Å². The van der Waals surface area contributed by atoms with Crippen LogP contribution in [0.15, 0.2) is 83.3 Å². The quantitative estimate of drug-likeness (QED) is 0.113. The van der Waals surface area contributed by atoms with E-state index in [4.69, 9.17) is 13.9 Å². The summed E-state index contributed by atoms with van der Waals surface area (Å²) in [5.74, 6) is 0.755. The third kappa shape index (κ3) is 7.98. The van der Waals surface area contributed by atoms with Gasteiger partial charge in [0.2, 0.25) is 10.0 Å². The second kappa shape index (κ2) is 15.7. The summed E-state index contributed by atoms with van der Waals surface area (Å²) in [6.07, 6.45) is 1.26. The summed E-state index contributed by atoms with van der Waals surface area (Å²) in [6, 6.07) is 24.0. The first-order chi connectivity index (χ1) is 24.8. The highest BCUT2D eigenvalue weighted by molar-refractivity contribution is 7.92. The van der Waals surface area contributed by atoms with Crippen LogP contribution < -0.4 is 19.1 Å². The Labute approximate surface area is 305 Å². The minimum absolute atomic E-state index is 0.0886. The van der Waals surface area contributed by atoms with Crippen LogP contribution in [-0.4, -0.2) is 45.6 Å². The van der Waals surface area contributed by atoms with Crippen molar-refractivity contribution in [1.29, 1.82) is 5.26 Å². The highest BCUT2D eigenvalue weighted by Gasteiger charge is 2.27. The minimum atomic E-state index is -3.75. The highest BCUT2D eigenvalue weighted by Crippen LogP contribution is 2.42. The van der Waals surface area contributed by atoms with Crippen LogP contribution >= 0.6 is 0 Å². The lowest BCUT2D eigenvalue weighted by Crippen LogP contribution is -2.30. The van der Waals surface area contributed by atoms with E-state index in [0.717, 1.165) is 17.4 Å². The first-order valence-corrected chi connectivity index (χ1v) is 19.1. The van der Waals surface area contributed by atoms with E-state index in [0.29, 0.717) is 62.8 Å². The number of anilines is 1. The molecule has 0 saturated carbocycles. The number of carbonyl (C=O) groups is 2. The molecule has 1 aromatic heterocycles. The van der Waals surface area contributed by atoms with E-state index < -0.39 is 22.0 Å². The fraction of sp³-hybridized carbons (Fsp3) is 0.293. The number of nitriles is 1. The number of nitrogens with one attached hydrogen (secondary N) is 1. The van der Waals surface area contributed by atoms with Gasteiger partial charge in [-0.2, -0.15) is 5.26 Å². The van der Waals surface area contributed by atoms with E-state index in [1.165, 1.54) is 4.31 Å². The molecule has 1 amide bonds. The Morgan fingerprint density at radius 1 is 0.942 bits per heavy atom. The van der Waals surface area contributed by atoms with E-state index >= 15 is 0 Å². The molecule has 1 heterocycles. The van der Waals surface area contributed by atoms with Crippen molar-refractivity contribution in [3.63, 3.8) is 0 Å². The molecule has 11 heteroatoms. The van der Waals surface area contributed by atoms with E-state index in [2.05, 4.69) is 11.4 Å². The number of sulfonamides is 1. The van der Waals surface area contributed by atoms with Crippen LogP contribution in [0.1, 0.15) is 78.9 Å². The normalized spacial score (nSPS) is 12.0. The third-order valence-electron chi connectivity index (χ3n) is 8.48. The number of carbonyl (C=O) groups excluding carboxylic acids is 2. The number of rotatable bonds is 14. The molecule has 0 aliphatic carbocycles. The summed E-state index contributed by atoms with van der Waals surface area (Å²) in [4.78, 5) is 27.2. The van der Waals surface area contributed by atoms with Gasteiger partial charge in [-0.15, -0.1) is 0 Å². The van der Waals surface area contributed by atoms with Crippen LogP contribution in [0.2, 0.25) is 0 Å². The SMILES string of the molecule is CCOc1cc(C(C#N)NC(=O)c2cccc(-c3cc4c(C(=O)CC)c(-c5ccc(C)cc5)oc4cc3N(CC)S(C)(=O)=O)c2)ccc1OC(C)C. The van der Waals surface area contributed by atoms with E-state index in [-0.39, 0.29) is 30.4 Å². The summed E-state index contributed by atoms with van der Waals surface area (Å²) in [5, 5.41) is 13.4. The molecule has 0 spiro atoms. The largest absolute Gasteiger partial charge is 0.490 e. The second-order valence-electron chi connectivity index (χ2n) is 12.7. The molecule has 1 unspecified atom stereocenters. The summed E-state index contributed by atoms with van der Waals surface area (Å²) in [5.41, 5.74) is 4.63. The first-order valence-electron chi connectivity index (χ1n) is 17.2. The third-order valence-corrected chi connectivity index (χ3v) is 9.74. The molecular weight excluding hydrogens is 679 g/mol. The standard InChI is InChI=1S/C41H43N3O7S/c1-8-35(45)39-32-22-31(34(44(9-2)52(7,47)48)23-37(32)51-40(39)27-16-14-26(6)15-17-27)28-12-11-13-30(20-28)41(46)43-33(24-42)29-18-19-36(50-25(4)5)38(21-29)49-10-3/h11-23,25,33H,8-10H2,1-7H3,(H,43,46). The number of nitrogens with zero attached hydrogens (tertiary/aromatic N) is 2. The molecule has 0 saturated heterocycles. The van der Waals surface area contributed by atoms with Crippen molar-refractivity contribution in [3.8, 4) is 40.0 Å². The average molecular weight is 722 g/mol. The molecule has 1 atom stereocenters. The van der Waals surface area contributed by atoms with Crippen LogP contribution in [0.5, 0.6) is 11.5 Å². The topological polar surface area (TPSA) is 139 Å². The molecule has 5 aromatic rings. The van der Waals surface area contributed by atoms with Gasteiger partial charge < -0.3 is 19.2 Å². The zero-order valence-corrected chi connectivity index (χ0v) is 31.3. The number of ether oxygens (including phenoxy) is 2. The van der Waals surface area contributed by atoms with Gasteiger partial charge in [-0.25, -0.2) is 8.42 Å². The molecule has 4 aromatic carbocycles. The summed E-state index contributed by atoms with van der Waals surface area (Å²) < 4.78 is 45.4.